The fraction of sp³-hybridized carbons (Fsp3) is 0.583. The molecule has 1 N–H and O–H groups in total. The summed E-state index contributed by atoms with van der Waals surface area (Å²) in [5.41, 5.74) is 1.23. The Labute approximate surface area is 91.9 Å². The van der Waals surface area contributed by atoms with Gasteiger partial charge in [0.05, 0.1) is 18.8 Å². The van der Waals surface area contributed by atoms with E-state index in [0.717, 1.165) is 6.54 Å². The van der Waals surface area contributed by atoms with E-state index < -0.39 is 0 Å². The van der Waals surface area contributed by atoms with Crippen LogP contribution in [0.5, 0.6) is 0 Å². The van der Waals surface area contributed by atoms with Gasteiger partial charge in [0.25, 0.3) is 0 Å². The Hall–Kier alpha value is -0.930. The van der Waals surface area contributed by atoms with Crippen LogP contribution in [0.25, 0.3) is 0 Å². The lowest BCUT2D eigenvalue weighted by Crippen LogP contribution is -2.26. The molecular formula is C12H20N2O. The molecule has 15 heavy (non-hydrogen) atoms. The monoisotopic (exact) mass is 208 g/mol. The Balaban J connectivity index is 2.57. The van der Waals surface area contributed by atoms with Gasteiger partial charge in [-0.15, -0.1) is 0 Å². The largest absolute Gasteiger partial charge is 0.377 e. The maximum atomic E-state index is 5.63. The van der Waals surface area contributed by atoms with Gasteiger partial charge in [-0.3, -0.25) is 4.98 Å². The van der Waals surface area contributed by atoms with Gasteiger partial charge < -0.3 is 10.1 Å². The standard InChI is InChI=1S/C12H20N2O/c1-4-14-12(9-15-10(2)3)11-5-7-13-8-6-11/h5-8,10,12,14H,4,9H2,1-3H3. The fourth-order valence-corrected chi connectivity index (χ4v) is 1.40. The summed E-state index contributed by atoms with van der Waals surface area (Å²) in [7, 11) is 0. The van der Waals surface area contributed by atoms with Crippen molar-refractivity contribution >= 4 is 0 Å². The van der Waals surface area contributed by atoms with Crippen molar-refractivity contribution in [2.24, 2.45) is 0 Å². The van der Waals surface area contributed by atoms with E-state index in [4.69, 9.17) is 4.74 Å². The van der Waals surface area contributed by atoms with Crippen molar-refractivity contribution in [3.05, 3.63) is 30.1 Å². The molecule has 0 aliphatic heterocycles. The molecule has 0 aromatic carbocycles. The zero-order valence-corrected chi connectivity index (χ0v) is 9.73. The molecule has 0 aliphatic rings. The highest BCUT2D eigenvalue weighted by molar-refractivity contribution is 5.14. The predicted molar refractivity (Wildman–Crippen MR) is 61.7 cm³/mol. The second kappa shape index (κ2) is 6.53. The van der Waals surface area contributed by atoms with Crippen LogP contribution in [0.1, 0.15) is 32.4 Å². The molecule has 1 atom stereocenters. The zero-order chi connectivity index (χ0) is 11.1. The van der Waals surface area contributed by atoms with Crippen LogP contribution in [0.2, 0.25) is 0 Å². The summed E-state index contributed by atoms with van der Waals surface area (Å²) in [4.78, 5) is 4.01. The van der Waals surface area contributed by atoms with Gasteiger partial charge in [0.1, 0.15) is 0 Å². The molecule has 1 aromatic heterocycles. The van der Waals surface area contributed by atoms with Crippen LogP contribution in [0.3, 0.4) is 0 Å². The molecule has 1 rings (SSSR count). The lowest BCUT2D eigenvalue weighted by molar-refractivity contribution is 0.0614. The number of ether oxygens (including phenoxy) is 1. The van der Waals surface area contributed by atoms with E-state index in [1.807, 2.05) is 24.5 Å². The van der Waals surface area contributed by atoms with Crippen LogP contribution in [-0.4, -0.2) is 24.2 Å². The molecule has 1 aromatic rings. The maximum absolute atomic E-state index is 5.63. The third kappa shape index (κ3) is 4.40. The number of likely N-dealkylation sites (N-methyl/N-ethyl adjacent to an activating group) is 1. The zero-order valence-electron chi connectivity index (χ0n) is 9.73. The smallest absolute Gasteiger partial charge is 0.0664 e. The minimum absolute atomic E-state index is 0.264. The summed E-state index contributed by atoms with van der Waals surface area (Å²) < 4.78 is 5.63. The van der Waals surface area contributed by atoms with Gasteiger partial charge >= 0.3 is 0 Å². The maximum Gasteiger partial charge on any atom is 0.0664 e. The number of aromatic nitrogens is 1. The van der Waals surface area contributed by atoms with E-state index in [2.05, 4.69) is 31.1 Å². The molecule has 0 aliphatic carbocycles. The molecule has 1 heterocycles. The van der Waals surface area contributed by atoms with Gasteiger partial charge in [-0.2, -0.15) is 0 Å². The number of nitrogens with one attached hydrogen (secondary N) is 1. The van der Waals surface area contributed by atoms with Crippen molar-refractivity contribution in [2.75, 3.05) is 13.2 Å². The quantitative estimate of drug-likeness (QED) is 0.778. The Kier molecular flexibility index (Phi) is 5.29. The van der Waals surface area contributed by atoms with Crippen molar-refractivity contribution in [3.63, 3.8) is 0 Å². The first-order valence-electron chi connectivity index (χ1n) is 5.49. The second-order valence-corrected chi connectivity index (χ2v) is 3.77. The van der Waals surface area contributed by atoms with Crippen LogP contribution in [0, 0.1) is 0 Å². The molecule has 1 unspecified atom stereocenters. The normalized spacial score (nSPS) is 13.1. The Bertz CT molecular complexity index is 262. The van der Waals surface area contributed by atoms with Crippen molar-refractivity contribution in [1.82, 2.24) is 10.3 Å². The number of pyridine rings is 1. The Morgan fingerprint density at radius 1 is 1.33 bits per heavy atom. The molecule has 0 radical (unpaired) electrons. The van der Waals surface area contributed by atoms with Crippen LogP contribution in [0.4, 0.5) is 0 Å². The van der Waals surface area contributed by atoms with E-state index >= 15 is 0 Å². The van der Waals surface area contributed by atoms with Gasteiger partial charge in [0, 0.05) is 12.4 Å². The van der Waals surface area contributed by atoms with Crippen LogP contribution < -0.4 is 5.32 Å². The van der Waals surface area contributed by atoms with Gasteiger partial charge in [-0.25, -0.2) is 0 Å². The molecular weight excluding hydrogens is 188 g/mol. The third-order valence-electron chi connectivity index (χ3n) is 2.16. The fourth-order valence-electron chi connectivity index (χ4n) is 1.40. The van der Waals surface area contributed by atoms with Crippen molar-refractivity contribution in [1.29, 1.82) is 0 Å². The molecule has 0 spiro atoms. The SMILES string of the molecule is CCNC(COC(C)C)c1ccncc1. The second-order valence-electron chi connectivity index (χ2n) is 3.77. The highest BCUT2D eigenvalue weighted by Crippen LogP contribution is 2.12. The van der Waals surface area contributed by atoms with Gasteiger partial charge in [-0.1, -0.05) is 6.92 Å². The van der Waals surface area contributed by atoms with E-state index in [9.17, 15) is 0 Å². The summed E-state index contributed by atoms with van der Waals surface area (Å²) in [5, 5.41) is 3.40. The van der Waals surface area contributed by atoms with Crippen molar-refractivity contribution in [2.45, 2.75) is 32.9 Å². The molecule has 84 valence electrons. The lowest BCUT2D eigenvalue weighted by atomic mass is 10.1. The molecule has 0 saturated heterocycles. The first-order valence-corrected chi connectivity index (χ1v) is 5.49. The van der Waals surface area contributed by atoms with E-state index in [0.29, 0.717) is 6.61 Å². The first-order chi connectivity index (χ1) is 7.24. The van der Waals surface area contributed by atoms with Crippen molar-refractivity contribution in [3.8, 4) is 0 Å². The molecule has 3 nitrogen and oxygen atoms in total. The van der Waals surface area contributed by atoms with Crippen LogP contribution >= 0.6 is 0 Å². The van der Waals surface area contributed by atoms with Gasteiger partial charge in [0.15, 0.2) is 0 Å². The van der Waals surface area contributed by atoms with E-state index in [-0.39, 0.29) is 12.1 Å². The predicted octanol–water partition coefficient (Wildman–Crippen LogP) is 2.16. The minimum atomic E-state index is 0.264. The van der Waals surface area contributed by atoms with Crippen molar-refractivity contribution < 1.29 is 4.74 Å². The summed E-state index contributed by atoms with van der Waals surface area (Å²) in [6, 6.07) is 4.31. The van der Waals surface area contributed by atoms with Crippen LogP contribution in [0.15, 0.2) is 24.5 Å². The molecule has 0 fully saturated rings. The van der Waals surface area contributed by atoms with E-state index in [1.54, 1.807) is 0 Å². The Morgan fingerprint density at radius 3 is 2.53 bits per heavy atom. The Morgan fingerprint density at radius 2 is 2.00 bits per heavy atom. The van der Waals surface area contributed by atoms with Gasteiger partial charge in [-0.05, 0) is 38.1 Å². The third-order valence-corrected chi connectivity index (χ3v) is 2.16. The highest BCUT2D eigenvalue weighted by atomic mass is 16.5. The van der Waals surface area contributed by atoms with Crippen LogP contribution in [-0.2, 0) is 4.74 Å². The topological polar surface area (TPSA) is 34.1 Å². The summed E-state index contributed by atoms with van der Waals surface area (Å²) in [6.07, 6.45) is 3.90. The van der Waals surface area contributed by atoms with E-state index in [1.165, 1.54) is 5.56 Å². The minimum Gasteiger partial charge on any atom is -0.377 e. The highest BCUT2D eigenvalue weighted by Gasteiger charge is 2.10. The molecule has 3 heteroatoms. The first kappa shape index (κ1) is 12.1. The number of hydrogen-bond acceptors (Lipinski definition) is 3. The summed E-state index contributed by atoms with van der Waals surface area (Å²) >= 11 is 0. The average molecular weight is 208 g/mol. The number of nitrogens with zero attached hydrogens (tertiary/aromatic N) is 1. The average Bonchev–Trinajstić information content (AvgIpc) is 2.25. The lowest BCUT2D eigenvalue weighted by Gasteiger charge is -2.19. The molecule has 0 bridgehead atoms. The molecule has 0 amide bonds. The van der Waals surface area contributed by atoms with Gasteiger partial charge in [0.2, 0.25) is 0 Å². The number of rotatable bonds is 6. The summed E-state index contributed by atoms with van der Waals surface area (Å²) in [5.74, 6) is 0. The number of hydrogen-bond donors (Lipinski definition) is 1. The summed E-state index contributed by atoms with van der Waals surface area (Å²) in [6.45, 7) is 7.85. The molecule has 0 saturated carbocycles.